The van der Waals surface area contributed by atoms with Crippen LogP contribution in [0.2, 0.25) is 0 Å². The minimum atomic E-state index is -6.91. The second-order valence-corrected chi connectivity index (χ2v) is 14.9. The number of aliphatic hydroxyl groups excluding tert-OH is 1. The van der Waals surface area contributed by atoms with E-state index in [4.69, 9.17) is 19.9 Å². The molecule has 0 aromatic heterocycles. The molecule has 36 heteroatoms. The van der Waals surface area contributed by atoms with Gasteiger partial charge in [-0.2, -0.15) is 74.6 Å². The van der Waals surface area contributed by atoms with Crippen LogP contribution in [0, 0.1) is 39.9 Å². The van der Waals surface area contributed by atoms with Gasteiger partial charge in [-0.15, -0.1) is 0 Å². The number of hydrogen-bond donors (Lipinski definition) is 3. The maximum Gasteiger partial charge on any atom is 1.00 e. The zero-order chi connectivity index (χ0) is 60.4. The molecule has 4 aromatic carbocycles. The Bertz CT molecular complexity index is 2810. The van der Waals surface area contributed by atoms with Gasteiger partial charge < -0.3 is 32.0 Å². The maximum atomic E-state index is 14.9. The Balaban J connectivity index is -0.00000130. The van der Waals surface area contributed by atoms with Crippen molar-refractivity contribution in [3.05, 3.63) is 131 Å². The van der Waals surface area contributed by atoms with Gasteiger partial charge in [-0.05, 0) is 73.2 Å². The summed E-state index contributed by atoms with van der Waals surface area (Å²) in [4.78, 5) is 56.5. The fourth-order valence-corrected chi connectivity index (χ4v) is 6.73. The first-order valence-electron chi connectivity index (χ1n) is 20.3. The number of nitrogens with one attached hydrogen (secondary N) is 2. The summed E-state index contributed by atoms with van der Waals surface area (Å²) in [5, 5.41) is 41.7. The van der Waals surface area contributed by atoms with Gasteiger partial charge in [0.1, 0.15) is 0 Å². The number of aliphatic hydroxyl groups is 1. The van der Waals surface area contributed by atoms with Crippen molar-refractivity contribution in [2.45, 2.75) is 88.4 Å². The Morgan fingerprint density at radius 1 is 0.608 bits per heavy atom. The number of nitrogens with zero attached hydrogens (tertiary/aromatic N) is 2. The first-order chi connectivity index (χ1) is 35.1. The average molecular weight is 1220 g/mol. The van der Waals surface area contributed by atoms with E-state index in [2.05, 4.69) is 10.2 Å². The predicted octanol–water partition coefficient (Wildman–Crippen LogP) is 5.60. The summed E-state index contributed by atoms with van der Waals surface area (Å²) in [5.41, 5.74) is -22.1. The molecule has 0 saturated carbocycles. The molecule has 430 valence electrons. The van der Waals surface area contributed by atoms with Crippen molar-refractivity contribution in [3.63, 3.8) is 0 Å². The minimum Gasteiger partial charge on any atom is -1.00 e. The molecule has 0 bridgehead atoms. The summed E-state index contributed by atoms with van der Waals surface area (Å²) in [6.07, 6.45) is -27.9. The van der Waals surface area contributed by atoms with Gasteiger partial charge in [-0.3, -0.25) is 34.6 Å². The van der Waals surface area contributed by atoms with Gasteiger partial charge in [0.15, 0.2) is 0 Å². The van der Waals surface area contributed by atoms with Crippen LogP contribution in [0.4, 0.5) is 106 Å². The Labute approximate surface area is 518 Å². The molecule has 0 aliphatic carbocycles. The molecule has 0 aliphatic heterocycles. The number of carbonyl (C=O) groups excluding carboxylic acids is 3. The minimum absolute atomic E-state index is 0. The SMILES string of the molecule is CCc1cc(C(F)(C(F)(F)F)C(F)(F)C(F)(F)F)cc(C)c1NC(=O)c1cccc([N+](=O)[O-])c1F.CCc1cc(C(F)(C(F)(F)F)C(F)(F)C(F)(F)F)cc(C)c1NC(=O)c1cccc([N+](=O)[O-])c1OC.CO.O=CO[O-].[H-].[K+].[K+]. The maximum absolute atomic E-state index is 14.9. The van der Waals surface area contributed by atoms with Crippen LogP contribution >= 0.6 is 0 Å². The van der Waals surface area contributed by atoms with Crippen LogP contribution in [0.3, 0.4) is 0 Å². The van der Waals surface area contributed by atoms with Crippen molar-refractivity contribution in [1.29, 1.82) is 0 Å². The number of aryl methyl sites for hydroxylation is 4. The van der Waals surface area contributed by atoms with Gasteiger partial charge in [0, 0.05) is 41.7 Å². The number of nitro groups is 2. The quantitative estimate of drug-likeness (QED) is 0.0352. The largest absolute Gasteiger partial charge is 1.00 e. The van der Waals surface area contributed by atoms with Crippen molar-refractivity contribution in [1.82, 2.24) is 0 Å². The number of halogens is 19. The normalized spacial score (nSPS) is 13.2. The summed E-state index contributed by atoms with van der Waals surface area (Å²) in [6.45, 7) is 4.12. The van der Waals surface area contributed by atoms with Crippen molar-refractivity contribution < 1.29 is 232 Å². The van der Waals surface area contributed by atoms with Gasteiger partial charge >= 0.3 is 162 Å². The Hall–Kier alpha value is -4.25. The van der Waals surface area contributed by atoms with E-state index >= 15 is 0 Å². The molecule has 2 amide bonds. The number of benzene rings is 4. The molecule has 4 aromatic rings. The van der Waals surface area contributed by atoms with Crippen molar-refractivity contribution in [2.24, 2.45) is 0 Å². The van der Waals surface area contributed by atoms with Crippen LogP contribution in [-0.2, 0) is 33.9 Å². The molecular formula is C43H37F19K2N4O11. The standard InChI is InChI=1S/C21H17F9N2O4.C20H14F10N2O3.CH2O3.CH4O.2K.H/c1-4-11-9-12(18(22,20(25,26)27)19(23,24)21(28,29)30)8-10(2)15(11)31-17(33)13-6-5-7-14(32(34)35)16(13)36-3;1-3-10-8-11(17(22,19(25,26)27)18(23,24)20(28,29)30)7-9(2)15(10)31-16(33)12-5-4-6-13(14(12)21)32(34)35;2-1-4-3;1-2;;;/h5-9H,4H2,1-3H3,(H,31,33);4-8H,3H2,1-2H3,(H,31,33);1,3H;2H,1H3;;;/q;;;;2*+1;-1/p-1. The molecule has 0 spiro atoms. The van der Waals surface area contributed by atoms with Crippen LogP contribution < -0.4 is 123 Å². The van der Waals surface area contributed by atoms with E-state index in [1.807, 2.05) is 5.32 Å². The number of alkyl halides is 18. The smallest absolute Gasteiger partial charge is 1.00 e. The summed E-state index contributed by atoms with van der Waals surface area (Å²) >= 11 is 0. The molecule has 0 fully saturated rings. The molecule has 79 heavy (non-hydrogen) atoms. The predicted molar refractivity (Wildman–Crippen MR) is 226 cm³/mol. The van der Waals surface area contributed by atoms with E-state index in [9.17, 15) is 113 Å². The molecule has 15 nitrogen and oxygen atoms in total. The van der Waals surface area contributed by atoms with Gasteiger partial charge in [0.2, 0.25) is 11.6 Å². The molecular weight excluding hydrogens is 1190 g/mol. The Morgan fingerprint density at radius 2 is 0.924 bits per heavy atom. The third-order valence-corrected chi connectivity index (χ3v) is 10.3. The number of para-hydroxylation sites is 1. The average Bonchev–Trinajstić information content (AvgIpc) is 3.33. The first kappa shape index (κ1) is 76.8. The number of rotatable bonds is 14. The summed E-state index contributed by atoms with van der Waals surface area (Å²) in [7, 11) is 2.02. The summed E-state index contributed by atoms with van der Waals surface area (Å²) in [5.74, 6) is -18.2. The van der Waals surface area contributed by atoms with Crippen LogP contribution in [0.1, 0.15) is 69.4 Å². The number of methoxy groups -OCH3 is 1. The van der Waals surface area contributed by atoms with Crippen molar-refractivity contribution in [3.8, 4) is 5.75 Å². The molecule has 4 rings (SSSR count). The molecule has 3 N–H and O–H groups in total. The molecule has 2 atom stereocenters. The number of carbonyl (C=O) groups is 3. The molecule has 2 unspecified atom stereocenters. The third-order valence-electron chi connectivity index (χ3n) is 10.3. The van der Waals surface area contributed by atoms with E-state index in [0.29, 0.717) is 0 Å². The second-order valence-electron chi connectivity index (χ2n) is 14.9. The molecule has 0 aliphatic rings. The van der Waals surface area contributed by atoms with E-state index in [-0.39, 0.29) is 147 Å². The topological polar surface area (TPSA) is 223 Å². The number of hydrogen-bond acceptors (Lipinski definition) is 11. The van der Waals surface area contributed by atoms with E-state index in [1.165, 1.54) is 13.8 Å². The zero-order valence-electron chi connectivity index (χ0n) is 42.4. The molecule has 0 heterocycles. The van der Waals surface area contributed by atoms with Crippen LogP contribution in [0.25, 0.3) is 0 Å². The van der Waals surface area contributed by atoms with E-state index in [0.717, 1.165) is 64.5 Å². The summed E-state index contributed by atoms with van der Waals surface area (Å²) in [6, 6.07) is 6.18. The summed E-state index contributed by atoms with van der Waals surface area (Å²) < 4.78 is 261. The number of ether oxygens (including phenoxy) is 1. The molecule has 0 radical (unpaired) electrons. The fourth-order valence-electron chi connectivity index (χ4n) is 6.73. The third kappa shape index (κ3) is 16.3. The number of nitro benzene ring substituents is 2. The van der Waals surface area contributed by atoms with Crippen molar-refractivity contribution in [2.75, 3.05) is 24.9 Å². The van der Waals surface area contributed by atoms with Gasteiger partial charge in [-0.25, -0.2) is 8.78 Å². The van der Waals surface area contributed by atoms with Gasteiger partial charge in [-0.1, -0.05) is 38.1 Å². The van der Waals surface area contributed by atoms with Gasteiger partial charge in [0.05, 0.1) is 28.1 Å². The monoisotopic (exact) mass is 1220 g/mol. The number of anilines is 2. The Morgan fingerprint density at radius 3 is 1.20 bits per heavy atom. The van der Waals surface area contributed by atoms with Crippen LogP contribution in [-0.4, -0.2) is 84.0 Å². The first-order valence-corrected chi connectivity index (χ1v) is 20.3. The Kier molecular flexibility index (Phi) is 28.8. The van der Waals surface area contributed by atoms with E-state index < -0.39 is 149 Å². The van der Waals surface area contributed by atoms with Gasteiger partial charge in [0.25, 0.3) is 18.3 Å². The molecule has 0 saturated heterocycles. The second kappa shape index (κ2) is 29.6. The number of amides is 2. The fraction of sp³-hybridized carbons (Fsp3) is 0.372. The van der Waals surface area contributed by atoms with E-state index in [1.54, 1.807) is 0 Å². The van der Waals surface area contributed by atoms with Crippen LogP contribution in [0.5, 0.6) is 5.75 Å². The zero-order valence-corrected chi connectivity index (χ0v) is 47.6. The van der Waals surface area contributed by atoms with Crippen molar-refractivity contribution >= 4 is 41.0 Å². The van der Waals surface area contributed by atoms with Crippen LogP contribution in [0.15, 0.2) is 60.7 Å².